The molecule has 0 radical (unpaired) electrons. The van der Waals surface area contributed by atoms with Crippen LogP contribution in [0.2, 0.25) is 0 Å². The Morgan fingerprint density at radius 3 is 2.25 bits per heavy atom. The highest BCUT2D eigenvalue weighted by molar-refractivity contribution is 5.99. The van der Waals surface area contributed by atoms with Crippen molar-refractivity contribution < 1.29 is 0 Å². The second-order valence-electron chi connectivity index (χ2n) is 6.31. The van der Waals surface area contributed by atoms with Crippen LogP contribution < -0.4 is 5.32 Å². The fourth-order valence-electron chi connectivity index (χ4n) is 3.84. The van der Waals surface area contributed by atoms with Gasteiger partial charge in [0.1, 0.15) is 0 Å². The van der Waals surface area contributed by atoms with Gasteiger partial charge in [0.2, 0.25) is 0 Å². The van der Waals surface area contributed by atoms with Crippen LogP contribution in [-0.2, 0) is 0 Å². The molecule has 1 heterocycles. The Morgan fingerprint density at radius 1 is 0.583 bits per heavy atom. The minimum absolute atomic E-state index is 0.267. The van der Waals surface area contributed by atoms with Gasteiger partial charge in [0, 0.05) is 17.0 Å². The van der Waals surface area contributed by atoms with E-state index in [4.69, 9.17) is 0 Å². The molecule has 1 atom stereocenters. The summed E-state index contributed by atoms with van der Waals surface area (Å²) in [6.45, 7) is 0. The minimum Gasteiger partial charge on any atom is -0.355 e. The lowest BCUT2D eigenvalue weighted by Crippen LogP contribution is -2.14. The smallest absolute Gasteiger partial charge is 0.0506 e. The van der Waals surface area contributed by atoms with Gasteiger partial charge in [-0.3, -0.25) is 0 Å². The Hall–Kier alpha value is -3.06. The van der Waals surface area contributed by atoms with Crippen molar-refractivity contribution in [3.8, 4) is 0 Å². The summed E-state index contributed by atoms with van der Waals surface area (Å²) >= 11 is 0. The van der Waals surface area contributed by atoms with Crippen LogP contribution >= 0.6 is 0 Å². The van der Waals surface area contributed by atoms with Crippen LogP contribution in [0.25, 0.3) is 10.8 Å². The van der Waals surface area contributed by atoms with Gasteiger partial charge in [0.25, 0.3) is 0 Å². The van der Waals surface area contributed by atoms with Crippen molar-refractivity contribution in [1.29, 1.82) is 0 Å². The summed E-state index contributed by atoms with van der Waals surface area (Å²) in [5, 5.41) is 6.24. The highest BCUT2D eigenvalue weighted by Gasteiger charge is 2.27. The topological polar surface area (TPSA) is 12.0 Å². The second kappa shape index (κ2) is 5.24. The molecule has 1 heteroatoms. The Bertz CT molecular complexity index is 1030. The van der Waals surface area contributed by atoms with E-state index in [1.807, 2.05) is 0 Å². The average molecular weight is 307 g/mol. The van der Waals surface area contributed by atoms with Gasteiger partial charge in [0.05, 0.1) is 5.69 Å². The molecule has 24 heavy (non-hydrogen) atoms. The zero-order valence-electron chi connectivity index (χ0n) is 13.2. The molecule has 0 fully saturated rings. The number of benzene rings is 4. The zero-order valence-corrected chi connectivity index (χ0v) is 13.2. The molecule has 0 spiro atoms. The molecule has 0 amide bonds. The third kappa shape index (κ3) is 1.95. The number of rotatable bonds is 1. The van der Waals surface area contributed by atoms with Crippen LogP contribution in [0.1, 0.15) is 22.6 Å². The maximum atomic E-state index is 3.68. The highest BCUT2D eigenvalue weighted by atomic mass is 14.9. The van der Waals surface area contributed by atoms with E-state index in [0.717, 1.165) is 0 Å². The van der Waals surface area contributed by atoms with E-state index in [1.54, 1.807) is 0 Å². The molecule has 1 N–H and O–H groups in total. The van der Waals surface area contributed by atoms with Crippen molar-refractivity contribution in [1.82, 2.24) is 0 Å². The number of para-hydroxylation sites is 1. The van der Waals surface area contributed by atoms with Gasteiger partial charge in [0.15, 0.2) is 0 Å². The van der Waals surface area contributed by atoms with Crippen molar-refractivity contribution in [3.63, 3.8) is 0 Å². The van der Waals surface area contributed by atoms with E-state index >= 15 is 0 Å². The lowest BCUT2D eigenvalue weighted by Gasteiger charge is -2.31. The molecule has 0 saturated heterocycles. The predicted molar refractivity (Wildman–Crippen MR) is 101 cm³/mol. The van der Waals surface area contributed by atoms with E-state index < -0.39 is 0 Å². The molecule has 1 aliphatic heterocycles. The molecular weight excluding hydrogens is 290 g/mol. The van der Waals surface area contributed by atoms with Gasteiger partial charge in [-0.25, -0.2) is 0 Å². The quantitative estimate of drug-likeness (QED) is 0.396. The summed E-state index contributed by atoms with van der Waals surface area (Å²) in [6.07, 6.45) is 0. The van der Waals surface area contributed by atoms with Crippen molar-refractivity contribution in [3.05, 3.63) is 108 Å². The predicted octanol–water partition coefficient (Wildman–Crippen LogP) is 6.08. The second-order valence-corrected chi connectivity index (χ2v) is 6.31. The standard InChI is InChI=1S/C23H17N/c1-2-9-17(10-3-1)22-19-12-6-7-13-21(19)24-23-18-11-5-4-8-16(18)14-15-20(22)23/h1-15,22,24H. The molecule has 1 nitrogen and oxygen atoms in total. The number of hydrogen-bond donors (Lipinski definition) is 1. The van der Waals surface area contributed by atoms with Crippen molar-refractivity contribution in [2.45, 2.75) is 5.92 Å². The van der Waals surface area contributed by atoms with Gasteiger partial charge in [-0.05, 0) is 28.1 Å². The van der Waals surface area contributed by atoms with Crippen LogP contribution in [-0.4, -0.2) is 0 Å². The average Bonchev–Trinajstić information content (AvgIpc) is 2.67. The third-order valence-electron chi connectivity index (χ3n) is 4.94. The normalized spacial score (nSPS) is 15.4. The van der Waals surface area contributed by atoms with Gasteiger partial charge >= 0.3 is 0 Å². The van der Waals surface area contributed by atoms with E-state index in [-0.39, 0.29) is 5.92 Å². The molecule has 0 bridgehead atoms. The van der Waals surface area contributed by atoms with E-state index in [9.17, 15) is 0 Å². The van der Waals surface area contributed by atoms with Crippen LogP contribution in [0.3, 0.4) is 0 Å². The number of nitrogens with one attached hydrogen (secondary N) is 1. The van der Waals surface area contributed by atoms with Crippen LogP contribution in [0.15, 0.2) is 91.0 Å². The van der Waals surface area contributed by atoms with Crippen molar-refractivity contribution in [2.75, 3.05) is 5.32 Å². The van der Waals surface area contributed by atoms with Crippen molar-refractivity contribution in [2.24, 2.45) is 0 Å². The number of hydrogen-bond acceptors (Lipinski definition) is 1. The Morgan fingerprint density at radius 2 is 1.33 bits per heavy atom. The Labute approximate surface area is 141 Å². The van der Waals surface area contributed by atoms with Crippen molar-refractivity contribution >= 4 is 22.1 Å². The number of fused-ring (bicyclic) bond motifs is 4. The summed E-state index contributed by atoms with van der Waals surface area (Å²) in [6, 6.07) is 32.5. The van der Waals surface area contributed by atoms with Gasteiger partial charge < -0.3 is 5.32 Å². The fraction of sp³-hybridized carbons (Fsp3) is 0.0435. The monoisotopic (exact) mass is 307 g/mol. The first-order valence-corrected chi connectivity index (χ1v) is 8.34. The van der Waals surface area contributed by atoms with E-state index in [1.165, 1.54) is 38.8 Å². The van der Waals surface area contributed by atoms with Crippen LogP contribution in [0.4, 0.5) is 11.4 Å². The molecule has 1 aliphatic rings. The lowest BCUT2D eigenvalue weighted by atomic mass is 9.80. The number of anilines is 2. The summed E-state index contributed by atoms with van der Waals surface area (Å²) in [7, 11) is 0. The van der Waals surface area contributed by atoms with E-state index in [2.05, 4.69) is 96.3 Å². The van der Waals surface area contributed by atoms with Gasteiger partial charge in [-0.15, -0.1) is 0 Å². The summed E-state index contributed by atoms with van der Waals surface area (Å²) in [4.78, 5) is 0. The van der Waals surface area contributed by atoms with Gasteiger partial charge in [-0.1, -0.05) is 84.9 Å². The Kier molecular flexibility index (Phi) is 2.92. The molecule has 0 saturated carbocycles. The maximum absolute atomic E-state index is 3.68. The minimum atomic E-state index is 0.267. The summed E-state index contributed by atoms with van der Waals surface area (Å²) in [5.41, 5.74) is 6.46. The molecular formula is C23H17N. The fourth-order valence-corrected chi connectivity index (χ4v) is 3.84. The summed E-state index contributed by atoms with van der Waals surface area (Å²) in [5.74, 6) is 0.267. The summed E-state index contributed by atoms with van der Waals surface area (Å²) < 4.78 is 0. The maximum Gasteiger partial charge on any atom is 0.0506 e. The van der Waals surface area contributed by atoms with E-state index in [0.29, 0.717) is 0 Å². The molecule has 0 aliphatic carbocycles. The third-order valence-corrected chi connectivity index (χ3v) is 4.94. The lowest BCUT2D eigenvalue weighted by molar-refractivity contribution is 0.968. The first-order valence-electron chi connectivity index (χ1n) is 8.34. The van der Waals surface area contributed by atoms with Gasteiger partial charge in [-0.2, -0.15) is 0 Å². The highest BCUT2D eigenvalue weighted by Crippen LogP contribution is 2.47. The first kappa shape index (κ1) is 13.4. The molecule has 0 aromatic heterocycles. The van der Waals surface area contributed by atoms with Crippen LogP contribution in [0.5, 0.6) is 0 Å². The molecule has 1 unspecified atom stereocenters. The largest absolute Gasteiger partial charge is 0.355 e. The SMILES string of the molecule is c1ccc(C2c3ccccc3Nc3c2ccc2ccccc32)cc1. The molecule has 114 valence electrons. The zero-order chi connectivity index (χ0) is 15.9. The molecule has 4 aromatic rings. The first-order chi connectivity index (χ1) is 11.9. The molecule has 5 rings (SSSR count). The van der Waals surface area contributed by atoms with Crippen LogP contribution in [0, 0.1) is 0 Å². The Balaban J connectivity index is 1.84. The molecule has 4 aromatic carbocycles.